The van der Waals surface area contributed by atoms with Crippen LogP contribution in [-0.2, 0) is 11.3 Å². The molecule has 4 rings (SSSR count). The van der Waals surface area contributed by atoms with Gasteiger partial charge in [-0.1, -0.05) is 23.9 Å². The Balaban J connectivity index is 1.72. The topological polar surface area (TPSA) is 78.5 Å². The monoisotopic (exact) mass is 464 g/mol. The molecule has 8 heteroatoms. The number of aromatic nitrogens is 4. The van der Waals surface area contributed by atoms with Crippen LogP contribution in [0.15, 0.2) is 40.3 Å². The quantitative estimate of drug-likeness (QED) is 0.220. The summed E-state index contributed by atoms with van der Waals surface area (Å²) >= 11 is 1.34. The third kappa shape index (κ3) is 4.20. The van der Waals surface area contributed by atoms with E-state index in [0.29, 0.717) is 35.9 Å². The first-order valence-electron chi connectivity index (χ1n) is 10.9. The molecule has 2 aromatic carbocycles. The zero-order valence-electron chi connectivity index (χ0n) is 19.6. The fraction of sp³-hybridized carbons (Fsp3) is 0.360. The van der Waals surface area contributed by atoms with Gasteiger partial charge in [0.2, 0.25) is 5.78 Å². The number of carbonyl (C=O) groups excluding carboxylic acids is 1. The molecule has 0 aliphatic heterocycles. The fourth-order valence-electron chi connectivity index (χ4n) is 4.11. The van der Waals surface area contributed by atoms with Gasteiger partial charge in [-0.25, -0.2) is 0 Å². The number of benzene rings is 2. The maximum absolute atomic E-state index is 13.1. The van der Waals surface area contributed by atoms with E-state index < -0.39 is 0 Å². The summed E-state index contributed by atoms with van der Waals surface area (Å²) in [4.78, 5) is 26.2. The van der Waals surface area contributed by atoms with Gasteiger partial charge in [-0.3, -0.25) is 18.6 Å². The SMILES string of the molecule is COCCCn1c(=O)c2ccccc2n2c(SCC(=O)c3cc(C)c(C)c(C)c3C)nnc12. The van der Waals surface area contributed by atoms with E-state index in [1.807, 2.05) is 48.6 Å². The van der Waals surface area contributed by atoms with E-state index in [4.69, 9.17) is 4.74 Å². The number of methoxy groups -OCH3 is 1. The summed E-state index contributed by atoms with van der Waals surface area (Å²) in [6.07, 6.45) is 0.684. The standard InChI is InChI=1S/C25H28N4O3S/c1-15-13-20(18(4)17(3)16(15)2)22(30)14-33-25-27-26-24-28(11-8-12-32-5)23(31)19-9-6-7-10-21(19)29(24)25/h6-7,9-10,13H,8,11-12,14H2,1-5H3. The van der Waals surface area contributed by atoms with Crippen LogP contribution in [0.4, 0.5) is 0 Å². The Bertz CT molecular complexity index is 1420. The summed E-state index contributed by atoms with van der Waals surface area (Å²) < 4.78 is 8.66. The Labute approximate surface area is 196 Å². The van der Waals surface area contributed by atoms with E-state index in [0.717, 1.165) is 27.8 Å². The van der Waals surface area contributed by atoms with Crippen LogP contribution < -0.4 is 5.56 Å². The van der Waals surface area contributed by atoms with Gasteiger partial charge >= 0.3 is 0 Å². The van der Waals surface area contributed by atoms with E-state index in [1.54, 1.807) is 11.7 Å². The minimum absolute atomic E-state index is 0.0539. The largest absolute Gasteiger partial charge is 0.385 e. The molecule has 0 bridgehead atoms. The van der Waals surface area contributed by atoms with Crippen molar-refractivity contribution >= 4 is 34.2 Å². The van der Waals surface area contributed by atoms with Crippen molar-refractivity contribution in [1.82, 2.24) is 19.2 Å². The molecular weight excluding hydrogens is 436 g/mol. The first-order chi connectivity index (χ1) is 15.8. The number of Topliss-reactive ketones (excluding diaryl/α,β-unsaturated/α-hetero) is 1. The lowest BCUT2D eigenvalue weighted by atomic mass is 9.93. The average Bonchev–Trinajstić information content (AvgIpc) is 3.24. The van der Waals surface area contributed by atoms with Gasteiger partial charge in [0, 0.05) is 25.8 Å². The number of aryl methyl sites for hydroxylation is 2. The van der Waals surface area contributed by atoms with Crippen molar-refractivity contribution in [1.29, 1.82) is 0 Å². The third-order valence-electron chi connectivity index (χ3n) is 6.32. The number of thioether (sulfide) groups is 1. The van der Waals surface area contributed by atoms with Crippen molar-refractivity contribution in [3.8, 4) is 0 Å². The number of nitrogens with zero attached hydrogens (tertiary/aromatic N) is 4. The number of hydrogen-bond acceptors (Lipinski definition) is 6. The van der Waals surface area contributed by atoms with Crippen LogP contribution in [0.25, 0.3) is 16.7 Å². The highest BCUT2D eigenvalue weighted by Crippen LogP contribution is 2.26. The lowest BCUT2D eigenvalue weighted by Gasteiger charge is -2.13. The zero-order valence-corrected chi connectivity index (χ0v) is 20.5. The summed E-state index contributed by atoms with van der Waals surface area (Å²) in [5.74, 6) is 0.766. The molecule has 7 nitrogen and oxygen atoms in total. The van der Waals surface area contributed by atoms with Crippen LogP contribution in [0.3, 0.4) is 0 Å². The second kappa shape index (κ2) is 9.49. The van der Waals surface area contributed by atoms with E-state index in [2.05, 4.69) is 24.0 Å². The molecule has 0 atom stereocenters. The average molecular weight is 465 g/mol. The summed E-state index contributed by atoms with van der Waals surface area (Å²) in [5.41, 5.74) is 5.89. The molecule has 4 aromatic rings. The minimum atomic E-state index is -0.101. The van der Waals surface area contributed by atoms with E-state index in [-0.39, 0.29) is 17.1 Å². The fourth-order valence-corrected chi connectivity index (χ4v) is 4.93. The van der Waals surface area contributed by atoms with Gasteiger partial charge in [-0.2, -0.15) is 0 Å². The van der Waals surface area contributed by atoms with Crippen molar-refractivity contribution in [3.63, 3.8) is 0 Å². The number of carbonyl (C=O) groups is 1. The molecule has 0 spiro atoms. The second-order valence-electron chi connectivity index (χ2n) is 8.27. The van der Waals surface area contributed by atoms with Crippen LogP contribution in [0.5, 0.6) is 0 Å². The van der Waals surface area contributed by atoms with E-state index in [9.17, 15) is 9.59 Å². The molecule has 0 fully saturated rings. The Morgan fingerprint density at radius 3 is 2.58 bits per heavy atom. The Hall–Kier alpha value is -2.97. The Morgan fingerprint density at radius 2 is 1.82 bits per heavy atom. The van der Waals surface area contributed by atoms with Gasteiger partial charge in [0.15, 0.2) is 10.9 Å². The summed E-state index contributed by atoms with van der Waals surface area (Å²) in [6, 6.07) is 9.41. The summed E-state index contributed by atoms with van der Waals surface area (Å²) in [7, 11) is 1.64. The molecule has 0 aliphatic rings. The van der Waals surface area contributed by atoms with Crippen molar-refractivity contribution in [2.24, 2.45) is 0 Å². The zero-order chi connectivity index (χ0) is 23.7. The molecule has 33 heavy (non-hydrogen) atoms. The molecule has 2 aromatic heterocycles. The van der Waals surface area contributed by atoms with Gasteiger partial charge in [0.25, 0.3) is 5.56 Å². The first-order valence-corrected chi connectivity index (χ1v) is 11.9. The highest BCUT2D eigenvalue weighted by molar-refractivity contribution is 7.99. The molecule has 0 aliphatic carbocycles. The number of ether oxygens (including phenoxy) is 1. The smallest absolute Gasteiger partial charge is 0.262 e. The van der Waals surface area contributed by atoms with Crippen LogP contribution in [0, 0.1) is 27.7 Å². The van der Waals surface area contributed by atoms with Gasteiger partial charge in [0.1, 0.15) is 0 Å². The van der Waals surface area contributed by atoms with Crippen LogP contribution in [-0.4, -0.2) is 44.4 Å². The highest BCUT2D eigenvalue weighted by atomic mass is 32.2. The van der Waals surface area contributed by atoms with Gasteiger partial charge in [-0.15, -0.1) is 10.2 Å². The summed E-state index contributed by atoms with van der Waals surface area (Å²) in [5, 5.41) is 9.85. The van der Waals surface area contributed by atoms with Crippen molar-refractivity contribution in [3.05, 3.63) is 68.5 Å². The van der Waals surface area contributed by atoms with Crippen LogP contribution in [0.2, 0.25) is 0 Å². The Kier molecular flexibility index (Phi) is 6.67. The van der Waals surface area contributed by atoms with Gasteiger partial charge < -0.3 is 4.74 Å². The maximum Gasteiger partial charge on any atom is 0.262 e. The predicted octanol–water partition coefficient (Wildman–Crippen LogP) is 4.29. The molecule has 172 valence electrons. The Morgan fingerprint density at radius 1 is 1.06 bits per heavy atom. The summed E-state index contributed by atoms with van der Waals surface area (Å²) in [6.45, 7) is 9.20. The van der Waals surface area contributed by atoms with Gasteiger partial charge in [0.05, 0.1) is 16.7 Å². The van der Waals surface area contributed by atoms with Gasteiger partial charge in [-0.05, 0) is 74.6 Å². The van der Waals surface area contributed by atoms with Crippen molar-refractivity contribution < 1.29 is 9.53 Å². The lowest BCUT2D eigenvalue weighted by molar-refractivity contribution is 0.102. The first kappa shape index (κ1) is 23.2. The van der Waals surface area contributed by atoms with Crippen LogP contribution >= 0.6 is 11.8 Å². The molecule has 0 unspecified atom stereocenters. The van der Waals surface area contributed by atoms with Crippen LogP contribution in [0.1, 0.15) is 39.0 Å². The van der Waals surface area contributed by atoms with E-state index >= 15 is 0 Å². The lowest BCUT2D eigenvalue weighted by Crippen LogP contribution is -2.24. The molecule has 0 saturated heterocycles. The number of para-hydroxylation sites is 1. The number of ketones is 1. The minimum Gasteiger partial charge on any atom is -0.385 e. The number of rotatable bonds is 8. The third-order valence-corrected chi connectivity index (χ3v) is 7.25. The highest BCUT2D eigenvalue weighted by Gasteiger charge is 2.19. The maximum atomic E-state index is 13.1. The molecule has 0 saturated carbocycles. The molecular formula is C25H28N4O3S. The molecule has 0 amide bonds. The molecule has 0 N–H and O–H groups in total. The molecule has 2 heterocycles. The number of fused-ring (bicyclic) bond motifs is 3. The number of hydrogen-bond donors (Lipinski definition) is 0. The predicted molar refractivity (Wildman–Crippen MR) is 132 cm³/mol. The molecule has 0 radical (unpaired) electrons. The van der Waals surface area contributed by atoms with Crippen molar-refractivity contribution in [2.75, 3.05) is 19.5 Å². The van der Waals surface area contributed by atoms with Crippen molar-refractivity contribution in [2.45, 2.75) is 45.8 Å². The van der Waals surface area contributed by atoms with E-state index in [1.165, 1.54) is 17.3 Å². The second-order valence-corrected chi connectivity index (χ2v) is 9.21. The normalized spacial score (nSPS) is 11.5.